The van der Waals surface area contributed by atoms with Crippen molar-refractivity contribution in [2.24, 2.45) is 10.9 Å². The molecular weight excluding hydrogens is 314 g/mol. The number of morpholine rings is 1. The summed E-state index contributed by atoms with van der Waals surface area (Å²) in [5, 5.41) is 6.78. The SMILES string of the molecule is CCNC(=NCC(C(C)C)N1CCOCC1)NCCc1cccnc1. The highest BCUT2D eigenvalue weighted by Crippen LogP contribution is 2.13. The van der Waals surface area contributed by atoms with Gasteiger partial charge in [0, 0.05) is 44.6 Å². The Labute approximate surface area is 152 Å². The number of aromatic nitrogens is 1. The molecule has 1 saturated heterocycles. The van der Waals surface area contributed by atoms with E-state index < -0.39 is 0 Å². The zero-order valence-corrected chi connectivity index (χ0v) is 15.9. The van der Waals surface area contributed by atoms with Crippen LogP contribution in [0.3, 0.4) is 0 Å². The summed E-state index contributed by atoms with van der Waals surface area (Å²) in [4.78, 5) is 11.5. The summed E-state index contributed by atoms with van der Waals surface area (Å²) < 4.78 is 5.48. The first-order chi connectivity index (χ1) is 12.2. The third kappa shape index (κ3) is 7.00. The van der Waals surface area contributed by atoms with Crippen molar-refractivity contribution in [1.29, 1.82) is 0 Å². The van der Waals surface area contributed by atoms with Crippen molar-refractivity contribution in [2.45, 2.75) is 33.2 Å². The number of hydrogen-bond donors (Lipinski definition) is 2. The fourth-order valence-corrected chi connectivity index (χ4v) is 3.05. The van der Waals surface area contributed by atoms with E-state index in [2.05, 4.69) is 47.4 Å². The molecule has 2 N–H and O–H groups in total. The van der Waals surface area contributed by atoms with Gasteiger partial charge in [-0.1, -0.05) is 19.9 Å². The molecule has 0 saturated carbocycles. The van der Waals surface area contributed by atoms with E-state index >= 15 is 0 Å². The van der Waals surface area contributed by atoms with Gasteiger partial charge in [0.05, 0.1) is 19.8 Å². The Hall–Kier alpha value is -1.66. The lowest BCUT2D eigenvalue weighted by atomic mass is 10.0. The number of aliphatic imine (C=N–C) groups is 1. The summed E-state index contributed by atoms with van der Waals surface area (Å²) in [6.45, 7) is 12.8. The van der Waals surface area contributed by atoms with Crippen LogP contribution in [0.5, 0.6) is 0 Å². The van der Waals surface area contributed by atoms with Crippen molar-refractivity contribution in [1.82, 2.24) is 20.5 Å². The van der Waals surface area contributed by atoms with Gasteiger partial charge < -0.3 is 15.4 Å². The van der Waals surface area contributed by atoms with Crippen LogP contribution in [0.1, 0.15) is 26.3 Å². The Bertz CT molecular complexity index is 500. The quantitative estimate of drug-likeness (QED) is 0.552. The van der Waals surface area contributed by atoms with Crippen LogP contribution in [-0.2, 0) is 11.2 Å². The third-order valence-electron chi connectivity index (χ3n) is 4.49. The van der Waals surface area contributed by atoms with Gasteiger partial charge in [-0.15, -0.1) is 0 Å². The molecule has 0 spiro atoms. The number of nitrogens with one attached hydrogen (secondary N) is 2. The summed E-state index contributed by atoms with van der Waals surface area (Å²) in [6.07, 6.45) is 4.66. The summed E-state index contributed by atoms with van der Waals surface area (Å²) in [5.41, 5.74) is 1.24. The molecule has 1 aliphatic rings. The molecule has 0 aliphatic carbocycles. The van der Waals surface area contributed by atoms with Crippen LogP contribution in [0.15, 0.2) is 29.5 Å². The first-order valence-electron chi connectivity index (χ1n) is 9.43. The maximum Gasteiger partial charge on any atom is 0.191 e. The Morgan fingerprint density at radius 1 is 1.32 bits per heavy atom. The van der Waals surface area contributed by atoms with Gasteiger partial charge >= 0.3 is 0 Å². The molecule has 140 valence electrons. The van der Waals surface area contributed by atoms with Crippen molar-refractivity contribution in [3.63, 3.8) is 0 Å². The summed E-state index contributed by atoms with van der Waals surface area (Å²) in [7, 11) is 0. The maximum absolute atomic E-state index is 5.48. The lowest BCUT2D eigenvalue weighted by Crippen LogP contribution is -2.48. The van der Waals surface area contributed by atoms with Gasteiger partial charge in [-0.25, -0.2) is 0 Å². The lowest BCUT2D eigenvalue weighted by Gasteiger charge is -2.36. The molecule has 1 fully saturated rings. The molecule has 1 aromatic rings. The van der Waals surface area contributed by atoms with E-state index in [1.807, 2.05) is 12.3 Å². The Kier molecular flexibility index (Phi) is 8.69. The Morgan fingerprint density at radius 2 is 2.12 bits per heavy atom. The summed E-state index contributed by atoms with van der Waals surface area (Å²) in [5.74, 6) is 1.46. The number of pyridine rings is 1. The predicted molar refractivity (Wildman–Crippen MR) is 103 cm³/mol. The van der Waals surface area contributed by atoms with Gasteiger partial charge in [-0.3, -0.25) is 14.9 Å². The maximum atomic E-state index is 5.48. The number of guanidine groups is 1. The number of nitrogens with zero attached hydrogens (tertiary/aromatic N) is 3. The number of hydrogen-bond acceptors (Lipinski definition) is 4. The first-order valence-corrected chi connectivity index (χ1v) is 9.43. The lowest BCUT2D eigenvalue weighted by molar-refractivity contribution is 0.00867. The van der Waals surface area contributed by atoms with Crippen LogP contribution in [0.4, 0.5) is 0 Å². The van der Waals surface area contributed by atoms with Gasteiger partial charge in [0.25, 0.3) is 0 Å². The molecule has 1 atom stereocenters. The molecule has 6 nitrogen and oxygen atoms in total. The molecular formula is C19H33N5O. The van der Waals surface area contributed by atoms with Crippen molar-refractivity contribution < 1.29 is 4.74 Å². The molecule has 25 heavy (non-hydrogen) atoms. The van der Waals surface area contributed by atoms with Crippen LogP contribution in [0.25, 0.3) is 0 Å². The van der Waals surface area contributed by atoms with E-state index in [0.717, 1.165) is 58.3 Å². The monoisotopic (exact) mass is 347 g/mol. The second-order valence-corrected chi connectivity index (χ2v) is 6.72. The molecule has 1 unspecified atom stereocenters. The molecule has 1 aliphatic heterocycles. The van der Waals surface area contributed by atoms with Crippen molar-refractivity contribution in [3.8, 4) is 0 Å². The Morgan fingerprint density at radius 3 is 2.76 bits per heavy atom. The zero-order valence-electron chi connectivity index (χ0n) is 15.9. The van der Waals surface area contributed by atoms with Gasteiger partial charge in [0.15, 0.2) is 5.96 Å². The van der Waals surface area contributed by atoms with Crippen molar-refractivity contribution >= 4 is 5.96 Å². The van der Waals surface area contributed by atoms with E-state index in [1.165, 1.54) is 5.56 Å². The number of ether oxygens (including phenoxy) is 1. The number of rotatable bonds is 8. The van der Waals surface area contributed by atoms with Gasteiger partial charge in [-0.05, 0) is 30.9 Å². The average Bonchev–Trinajstić information content (AvgIpc) is 2.63. The van der Waals surface area contributed by atoms with Gasteiger partial charge in [-0.2, -0.15) is 0 Å². The molecule has 0 bridgehead atoms. The topological polar surface area (TPSA) is 61.8 Å². The summed E-state index contributed by atoms with van der Waals surface area (Å²) in [6, 6.07) is 4.54. The van der Waals surface area contributed by atoms with Crippen molar-refractivity contribution in [3.05, 3.63) is 30.1 Å². The molecule has 1 aromatic heterocycles. The van der Waals surface area contributed by atoms with Crippen LogP contribution in [-0.4, -0.2) is 67.8 Å². The second kappa shape index (κ2) is 11.1. The summed E-state index contributed by atoms with van der Waals surface area (Å²) >= 11 is 0. The molecule has 0 aromatic carbocycles. The predicted octanol–water partition coefficient (Wildman–Crippen LogP) is 1.54. The minimum atomic E-state index is 0.456. The fourth-order valence-electron chi connectivity index (χ4n) is 3.05. The highest BCUT2D eigenvalue weighted by Gasteiger charge is 2.23. The van der Waals surface area contributed by atoms with E-state index in [1.54, 1.807) is 6.20 Å². The average molecular weight is 348 g/mol. The van der Waals surface area contributed by atoms with Crippen LogP contribution < -0.4 is 10.6 Å². The molecule has 6 heteroatoms. The highest BCUT2D eigenvalue weighted by molar-refractivity contribution is 5.79. The van der Waals surface area contributed by atoms with Crippen LogP contribution in [0, 0.1) is 5.92 Å². The van der Waals surface area contributed by atoms with E-state index in [0.29, 0.717) is 12.0 Å². The fraction of sp³-hybridized carbons (Fsp3) is 0.684. The van der Waals surface area contributed by atoms with Gasteiger partial charge in [0.1, 0.15) is 0 Å². The van der Waals surface area contributed by atoms with E-state index in [4.69, 9.17) is 9.73 Å². The minimum absolute atomic E-state index is 0.456. The molecule has 0 radical (unpaired) electrons. The highest BCUT2D eigenvalue weighted by atomic mass is 16.5. The van der Waals surface area contributed by atoms with Crippen molar-refractivity contribution in [2.75, 3.05) is 45.9 Å². The molecule has 0 amide bonds. The first kappa shape index (κ1) is 19.7. The second-order valence-electron chi connectivity index (χ2n) is 6.72. The zero-order chi connectivity index (χ0) is 17.9. The smallest absolute Gasteiger partial charge is 0.191 e. The largest absolute Gasteiger partial charge is 0.379 e. The minimum Gasteiger partial charge on any atom is -0.379 e. The van der Waals surface area contributed by atoms with E-state index in [9.17, 15) is 0 Å². The van der Waals surface area contributed by atoms with Crippen LogP contribution >= 0.6 is 0 Å². The van der Waals surface area contributed by atoms with Gasteiger partial charge in [0.2, 0.25) is 0 Å². The third-order valence-corrected chi connectivity index (χ3v) is 4.49. The van der Waals surface area contributed by atoms with Crippen LogP contribution in [0.2, 0.25) is 0 Å². The molecule has 2 rings (SSSR count). The van der Waals surface area contributed by atoms with E-state index in [-0.39, 0.29) is 0 Å². The standard InChI is InChI=1S/C19H33N5O/c1-4-21-19(22-9-7-17-6-5-8-20-14-17)23-15-18(16(2)3)24-10-12-25-13-11-24/h5-6,8,14,16,18H,4,7,9-13,15H2,1-3H3,(H2,21,22,23). The molecule has 2 heterocycles. The normalized spacial score (nSPS) is 17.5. The Balaban J connectivity index is 1.87.